The number of hydrogen-bond acceptors (Lipinski definition) is 4. The van der Waals surface area contributed by atoms with Crippen LogP contribution in [0.25, 0.3) is 0 Å². The fourth-order valence-corrected chi connectivity index (χ4v) is 1.45. The standard InChI is InChI=1S/C11H16N2O3/c1-2-8(5-7-14)13-9-4-3-6-12-10(9)11(15)16/h3-4,6,8,13-14H,2,5,7H2,1H3,(H,15,16). The van der Waals surface area contributed by atoms with Crippen molar-refractivity contribution >= 4 is 11.7 Å². The highest BCUT2D eigenvalue weighted by Gasteiger charge is 2.13. The van der Waals surface area contributed by atoms with Crippen LogP contribution in [0.3, 0.4) is 0 Å². The van der Waals surface area contributed by atoms with Crippen molar-refractivity contribution in [2.24, 2.45) is 0 Å². The first-order valence-electron chi connectivity index (χ1n) is 5.24. The number of hydrogen-bond donors (Lipinski definition) is 3. The summed E-state index contributed by atoms with van der Waals surface area (Å²) in [4.78, 5) is 14.7. The molecule has 0 fully saturated rings. The van der Waals surface area contributed by atoms with E-state index in [4.69, 9.17) is 10.2 Å². The lowest BCUT2D eigenvalue weighted by Crippen LogP contribution is -2.21. The molecule has 0 radical (unpaired) electrons. The number of pyridine rings is 1. The van der Waals surface area contributed by atoms with Gasteiger partial charge in [-0.05, 0) is 25.0 Å². The predicted molar refractivity (Wildman–Crippen MR) is 60.6 cm³/mol. The van der Waals surface area contributed by atoms with E-state index in [0.717, 1.165) is 6.42 Å². The summed E-state index contributed by atoms with van der Waals surface area (Å²) in [5.74, 6) is -1.05. The third-order valence-electron chi connectivity index (χ3n) is 2.34. The van der Waals surface area contributed by atoms with E-state index in [2.05, 4.69) is 10.3 Å². The second kappa shape index (κ2) is 6.07. The van der Waals surface area contributed by atoms with E-state index in [9.17, 15) is 4.79 Å². The molecule has 5 heteroatoms. The highest BCUT2D eigenvalue weighted by atomic mass is 16.4. The topological polar surface area (TPSA) is 82.5 Å². The highest BCUT2D eigenvalue weighted by Crippen LogP contribution is 2.15. The molecule has 0 saturated heterocycles. The Labute approximate surface area is 94.1 Å². The van der Waals surface area contributed by atoms with Gasteiger partial charge in [-0.1, -0.05) is 6.92 Å². The Morgan fingerprint density at radius 1 is 1.62 bits per heavy atom. The third-order valence-corrected chi connectivity index (χ3v) is 2.34. The summed E-state index contributed by atoms with van der Waals surface area (Å²) in [6.45, 7) is 2.05. The Bertz CT molecular complexity index is 355. The van der Waals surface area contributed by atoms with E-state index >= 15 is 0 Å². The van der Waals surface area contributed by atoms with E-state index in [-0.39, 0.29) is 18.3 Å². The average Bonchev–Trinajstić information content (AvgIpc) is 2.29. The Kier molecular flexibility index (Phi) is 4.72. The quantitative estimate of drug-likeness (QED) is 0.679. The lowest BCUT2D eigenvalue weighted by Gasteiger charge is -2.17. The number of carboxylic acids is 1. The van der Waals surface area contributed by atoms with Gasteiger partial charge in [0.05, 0.1) is 5.69 Å². The predicted octanol–water partition coefficient (Wildman–Crippen LogP) is 1.35. The van der Waals surface area contributed by atoms with Crippen LogP contribution in [-0.2, 0) is 0 Å². The number of aliphatic hydroxyl groups excluding tert-OH is 1. The Morgan fingerprint density at radius 2 is 2.38 bits per heavy atom. The maximum atomic E-state index is 10.9. The van der Waals surface area contributed by atoms with Crippen molar-refractivity contribution in [1.82, 2.24) is 4.98 Å². The Balaban J connectivity index is 2.82. The largest absolute Gasteiger partial charge is 0.476 e. The number of carbonyl (C=O) groups is 1. The minimum atomic E-state index is -1.05. The van der Waals surface area contributed by atoms with Gasteiger partial charge in [-0.25, -0.2) is 9.78 Å². The molecule has 0 bridgehead atoms. The van der Waals surface area contributed by atoms with Gasteiger partial charge >= 0.3 is 5.97 Å². The van der Waals surface area contributed by atoms with Crippen LogP contribution in [-0.4, -0.2) is 33.8 Å². The summed E-state index contributed by atoms with van der Waals surface area (Å²) >= 11 is 0. The van der Waals surface area contributed by atoms with Crippen LogP contribution in [0.1, 0.15) is 30.3 Å². The molecule has 0 aliphatic carbocycles. The highest BCUT2D eigenvalue weighted by molar-refractivity contribution is 5.91. The van der Waals surface area contributed by atoms with E-state index < -0.39 is 5.97 Å². The molecule has 1 aromatic rings. The molecule has 1 unspecified atom stereocenters. The molecule has 0 aromatic carbocycles. The zero-order valence-electron chi connectivity index (χ0n) is 9.18. The van der Waals surface area contributed by atoms with Crippen molar-refractivity contribution in [2.75, 3.05) is 11.9 Å². The summed E-state index contributed by atoms with van der Waals surface area (Å²) in [7, 11) is 0. The first-order chi connectivity index (χ1) is 7.69. The first-order valence-corrected chi connectivity index (χ1v) is 5.24. The van der Waals surface area contributed by atoms with E-state index in [1.54, 1.807) is 12.1 Å². The van der Waals surface area contributed by atoms with E-state index in [0.29, 0.717) is 12.1 Å². The van der Waals surface area contributed by atoms with Crippen LogP contribution in [0, 0.1) is 0 Å². The number of aromatic nitrogens is 1. The number of anilines is 1. The minimum absolute atomic E-state index is 0.0129. The summed E-state index contributed by atoms with van der Waals surface area (Å²) < 4.78 is 0. The van der Waals surface area contributed by atoms with Crippen molar-refractivity contribution < 1.29 is 15.0 Å². The maximum absolute atomic E-state index is 10.9. The van der Waals surface area contributed by atoms with Crippen LogP contribution in [0.5, 0.6) is 0 Å². The van der Waals surface area contributed by atoms with E-state index in [1.807, 2.05) is 6.92 Å². The molecule has 3 N–H and O–H groups in total. The zero-order valence-corrected chi connectivity index (χ0v) is 9.18. The van der Waals surface area contributed by atoms with Crippen LogP contribution in [0.4, 0.5) is 5.69 Å². The van der Waals surface area contributed by atoms with Gasteiger partial charge in [0.25, 0.3) is 0 Å². The second-order valence-corrected chi connectivity index (χ2v) is 3.47. The van der Waals surface area contributed by atoms with Crippen molar-refractivity contribution in [1.29, 1.82) is 0 Å². The number of nitrogens with zero attached hydrogens (tertiary/aromatic N) is 1. The molecule has 88 valence electrons. The van der Waals surface area contributed by atoms with Gasteiger partial charge in [0.1, 0.15) is 0 Å². The van der Waals surface area contributed by atoms with Crippen molar-refractivity contribution in [3.63, 3.8) is 0 Å². The summed E-state index contributed by atoms with van der Waals surface area (Å²) in [5.41, 5.74) is 0.509. The number of carboxylic acid groups (broad SMARTS) is 1. The van der Waals surface area contributed by atoms with Gasteiger partial charge in [0.2, 0.25) is 0 Å². The summed E-state index contributed by atoms with van der Waals surface area (Å²) in [5, 5.41) is 20.9. The third kappa shape index (κ3) is 3.20. The van der Waals surface area contributed by atoms with Crippen molar-refractivity contribution in [3.05, 3.63) is 24.0 Å². The van der Waals surface area contributed by atoms with Crippen molar-refractivity contribution in [2.45, 2.75) is 25.8 Å². The van der Waals surface area contributed by atoms with Gasteiger partial charge in [0, 0.05) is 18.8 Å². The average molecular weight is 224 g/mol. The van der Waals surface area contributed by atoms with Gasteiger partial charge in [-0.2, -0.15) is 0 Å². The number of aromatic carboxylic acids is 1. The molecular formula is C11H16N2O3. The first kappa shape index (κ1) is 12.4. The number of nitrogens with one attached hydrogen (secondary N) is 1. The fraction of sp³-hybridized carbons (Fsp3) is 0.455. The van der Waals surface area contributed by atoms with Crippen LogP contribution in [0.2, 0.25) is 0 Å². The lowest BCUT2D eigenvalue weighted by molar-refractivity contribution is 0.0691. The maximum Gasteiger partial charge on any atom is 0.356 e. The minimum Gasteiger partial charge on any atom is -0.476 e. The second-order valence-electron chi connectivity index (χ2n) is 3.47. The molecule has 0 spiro atoms. The van der Waals surface area contributed by atoms with Crippen molar-refractivity contribution in [3.8, 4) is 0 Å². The Morgan fingerprint density at radius 3 is 2.94 bits per heavy atom. The molecule has 0 amide bonds. The molecule has 1 aromatic heterocycles. The fourth-order valence-electron chi connectivity index (χ4n) is 1.45. The molecule has 1 rings (SSSR count). The molecule has 0 aliphatic rings. The van der Waals surface area contributed by atoms with Crippen LogP contribution in [0.15, 0.2) is 18.3 Å². The van der Waals surface area contributed by atoms with Crippen LogP contribution < -0.4 is 5.32 Å². The molecule has 5 nitrogen and oxygen atoms in total. The van der Waals surface area contributed by atoms with Gasteiger partial charge in [-0.15, -0.1) is 0 Å². The lowest BCUT2D eigenvalue weighted by atomic mass is 10.1. The summed E-state index contributed by atoms with van der Waals surface area (Å²) in [6.07, 6.45) is 2.85. The van der Waals surface area contributed by atoms with E-state index in [1.165, 1.54) is 6.20 Å². The smallest absolute Gasteiger partial charge is 0.356 e. The summed E-state index contributed by atoms with van der Waals surface area (Å²) in [6, 6.07) is 3.42. The molecule has 1 atom stereocenters. The normalized spacial score (nSPS) is 12.1. The molecule has 0 saturated carbocycles. The van der Waals surface area contributed by atoms with Gasteiger partial charge < -0.3 is 15.5 Å². The molecular weight excluding hydrogens is 208 g/mol. The monoisotopic (exact) mass is 224 g/mol. The molecule has 0 aliphatic heterocycles. The van der Waals surface area contributed by atoms with Crippen LogP contribution >= 0.6 is 0 Å². The van der Waals surface area contributed by atoms with Gasteiger partial charge in [-0.3, -0.25) is 0 Å². The molecule has 16 heavy (non-hydrogen) atoms. The number of aliphatic hydroxyl groups is 1. The molecule has 1 heterocycles. The SMILES string of the molecule is CCC(CCO)Nc1cccnc1C(=O)O. The Hall–Kier alpha value is -1.62. The zero-order chi connectivity index (χ0) is 12.0. The number of rotatable bonds is 6. The van der Waals surface area contributed by atoms with Gasteiger partial charge in [0.15, 0.2) is 5.69 Å².